The van der Waals surface area contributed by atoms with Gasteiger partial charge in [-0.15, -0.1) is 0 Å². The highest BCUT2D eigenvalue weighted by Crippen LogP contribution is 2.32. The molecule has 2 aliphatic rings. The van der Waals surface area contributed by atoms with Gasteiger partial charge in [0.05, 0.1) is 5.69 Å². The van der Waals surface area contributed by atoms with Crippen molar-refractivity contribution in [3.63, 3.8) is 0 Å². The lowest BCUT2D eigenvalue weighted by molar-refractivity contribution is -0.123. The van der Waals surface area contributed by atoms with E-state index >= 15 is 0 Å². The summed E-state index contributed by atoms with van der Waals surface area (Å²) in [4.78, 5) is 34.7. The van der Waals surface area contributed by atoms with E-state index in [0.717, 1.165) is 0 Å². The van der Waals surface area contributed by atoms with Crippen molar-refractivity contribution < 1.29 is 19.1 Å². The number of anilines is 2. The molecule has 7 heteroatoms. The molecule has 1 aromatic rings. The van der Waals surface area contributed by atoms with Gasteiger partial charge in [-0.25, -0.2) is 0 Å². The molecular formula is C14H15N3O4. The SMILES string of the molecule is C[C@H]1Oc2ccc(NC(=O)[C@H]3CCC(=O)N3)cc2NC1=O. The van der Waals surface area contributed by atoms with E-state index in [1.54, 1.807) is 25.1 Å². The lowest BCUT2D eigenvalue weighted by Gasteiger charge is -2.23. The fourth-order valence-electron chi connectivity index (χ4n) is 2.33. The highest BCUT2D eigenvalue weighted by Gasteiger charge is 2.28. The van der Waals surface area contributed by atoms with Crippen molar-refractivity contribution in [2.75, 3.05) is 10.6 Å². The number of ether oxygens (including phenoxy) is 1. The van der Waals surface area contributed by atoms with Gasteiger partial charge in [0.15, 0.2) is 6.10 Å². The second-order valence-electron chi connectivity index (χ2n) is 5.11. The van der Waals surface area contributed by atoms with Gasteiger partial charge >= 0.3 is 0 Å². The normalized spacial score (nSPS) is 23.7. The largest absolute Gasteiger partial charge is 0.479 e. The molecule has 0 bridgehead atoms. The molecule has 0 spiro atoms. The number of fused-ring (bicyclic) bond motifs is 1. The number of benzene rings is 1. The third-order valence-electron chi connectivity index (χ3n) is 3.49. The van der Waals surface area contributed by atoms with Crippen LogP contribution < -0.4 is 20.7 Å². The predicted molar refractivity (Wildman–Crippen MR) is 75.0 cm³/mol. The zero-order valence-corrected chi connectivity index (χ0v) is 11.4. The molecule has 0 unspecified atom stereocenters. The van der Waals surface area contributed by atoms with Gasteiger partial charge < -0.3 is 20.7 Å². The average Bonchev–Trinajstić information content (AvgIpc) is 2.87. The molecule has 2 heterocycles. The number of carbonyl (C=O) groups excluding carboxylic acids is 3. The third-order valence-corrected chi connectivity index (χ3v) is 3.49. The van der Waals surface area contributed by atoms with E-state index in [4.69, 9.17) is 4.74 Å². The monoisotopic (exact) mass is 289 g/mol. The Kier molecular flexibility index (Phi) is 3.25. The Morgan fingerprint density at radius 2 is 2.19 bits per heavy atom. The van der Waals surface area contributed by atoms with Gasteiger partial charge in [-0.05, 0) is 31.5 Å². The molecule has 1 aromatic carbocycles. The Morgan fingerprint density at radius 3 is 2.90 bits per heavy atom. The zero-order chi connectivity index (χ0) is 15.0. The van der Waals surface area contributed by atoms with Crippen molar-refractivity contribution >= 4 is 29.1 Å². The maximum absolute atomic E-state index is 12.0. The quantitative estimate of drug-likeness (QED) is 0.743. The molecule has 3 N–H and O–H groups in total. The van der Waals surface area contributed by atoms with Crippen LogP contribution in [0.1, 0.15) is 19.8 Å². The van der Waals surface area contributed by atoms with E-state index in [2.05, 4.69) is 16.0 Å². The summed E-state index contributed by atoms with van der Waals surface area (Å²) in [5.74, 6) is -0.0456. The summed E-state index contributed by atoms with van der Waals surface area (Å²) < 4.78 is 5.44. The van der Waals surface area contributed by atoms with Gasteiger partial charge in [-0.1, -0.05) is 0 Å². The lowest BCUT2D eigenvalue weighted by atomic mass is 10.2. The molecule has 1 fully saturated rings. The predicted octanol–water partition coefficient (Wildman–Crippen LogP) is 0.623. The molecule has 0 aromatic heterocycles. The Balaban J connectivity index is 1.72. The maximum atomic E-state index is 12.0. The summed E-state index contributed by atoms with van der Waals surface area (Å²) in [5, 5.41) is 8.04. The number of amides is 3. The number of carbonyl (C=O) groups is 3. The van der Waals surface area contributed by atoms with Crippen molar-refractivity contribution in [1.29, 1.82) is 0 Å². The van der Waals surface area contributed by atoms with Gasteiger partial charge in [0.1, 0.15) is 11.8 Å². The first-order valence-corrected chi connectivity index (χ1v) is 6.75. The van der Waals surface area contributed by atoms with E-state index in [9.17, 15) is 14.4 Å². The van der Waals surface area contributed by atoms with Crippen molar-refractivity contribution in [2.45, 2.75) is 31.9 Å². The minimum Gasteiger partial charge on any atom is -0.479 e. The van der Waals surface area contributed by atoms with Crippen LogP contribution in [0.3, 0.4) is 0 Å². The molecule has 0 radical (unpaired) electrons. The van der Waals surface area contributed by atoms with Crippen molar-refractivity contribution in [3.05, 3.63) is 18.2 Å². The summed E-state index contributed by atoms with van der Waals surface area (Å²) >= 11 is 0. The van der Waals surface area contributed by atoms with Gasteiger partial charge in [0, 0.05) is 12.1 Å². The van der Waals surface area contributed by atoms with Gasteiger partial charge in [-0.2, -0.15) is 0 Å². The van der Waals surface area contributed by atoms with Crippen LogP contribution in [0.4, 0.5) is 11.4 Å². The molecule has 110 valence electrons. The van der Waals surface area contributed by atoms with Crippen LogP contribution in [0.5, 0.6) is 5.75 Å². The average molecular weight is 289 g/mol. The van der Waals surface area contributed by atoms with Crippen LogP contribution in [0.15, 0.2) is 18.2 Å². The summed E-state index contributed by atoms with van der Waals surface area (Å²) in [7, 11) is 0. The molecule has 2 atom stereocenters. The highest BCUT2D eigenvalue weighted by molar-refractivity contribution is 6.01. The van der Waals surface area contributed by atoms with Crippen LogP contribution in [-0.2, 0) is 14.4 Å². The summed E-state index contributed by atoms with van der Waals surface area (Å²) in [5.41, 5.74) is 1.06. The minimum absolute atomic E-state index is 0.116. The molecule has 7 nitrogen and oxygen atoms in total. The number of hydrogen-bond donors (Lipinski definition) is 3. The molecule has 3 rings (SSSR count). The molecule has 21 heavy (non-hydrogen) atoms. The van der Waals surface area contributed by atoms with E-state index in [-0.39, 0.29) is 17.7 Å². The summed E-state index contributed by atoms with van der Waals surface area (Å²) in [6.07, 6.45) is 0.323. The van der Waals surface area contributed by atoms with Crippen molar-refractivity contribution in [3.8, 4) is 5.75 Å². The molecule has 2 aliphatic heterocycles. The number of hydrogen-bond acceptors (Lipinski definition) is 4. The fourth-order valence-corrected chi connectivity index (χ4v) is 2.33. The first-order valence-electron chi connectivity index (χ1n) is 6.75. The zero-order valence-electron chi connectivity index (χ0n) is 11.4. The van der Waals surface area contributed by atoms with Gasteiger partial charge in [0.2, 0.25) is 11.8 Å². The Bertz CT molecular complexity index is 629. The van der Waals surface area contributed by atoms with Gasteiger partial charge in [-0.3, -0.25) is 14.4 Å². The van der Waals surface area contributed by atoms with Crippen LogP contribution in [-0.4, -0.2) is 29.9 Å². The van der Waals surface area contributed by atoms with Gasteiger partial charge in [0.25, 0.3) is 5.91 Å². The van der Waals surface area contributed by atoms with E-state index in [1.165, 1.54) is 0 Å². The van der Waals surface area contributed by atoms with Crippen LogP contribution >= 0.6 is 0 Å². The summed E-state index contributed by atoms with van der Waals surface area (Å²) in [6, 6.07) is 4.51. The summed E-state index contributed by atoms with van der Waals surface area (Å²) in [6.45, 7) is 1.66. The van der Waals surface area contributed by atoms with E-state index < -0.39 is 12.1 Å². The second kappa shape index (κ2) is 5.08. The molecule has 0 aliphatic carbocycles. The standard InChI is InChI=1S/C14H15N3O4/c1-7-13(19)17-10-6-8(2-4-11(10)21-7)15-14(20)9-3-5-12(18)16-9/h2,4,6-7,9H,3,5H2,1H3,(H,15,20)(H,16,18)(H,17,19)/t7-,9-/m1/s1. The van der Waals surface area contributed by atoms with Crippen LogP contribution in [0.2, 0.25) is 0 Å². The highest BCUT2D eigenvalue weighted by atomic mass is 16.5. The lowest BCUT2D eigenvalue weighted by Crippen LogP contribution is -2.37. The molecule has 0 saturated carbocycles. The topological polar surface area (TPSA) is 96.5 Å². The third kappa shape index (κ3) is 2.67. The first kappa shape index (κ1) is 13.4. The van der Waals surface area contributed by atoms with Crippen LogP contribution in [0.25, 0.3) is 0 Å². The smallest absolute Gasteiger partial charge is 0.265 e. The van der Waals surface area contributed by atoms with E-state index in [1.807, 2.05) is 0 Å². The van der Waals surface area contributed by atoms with Crippen LogP contribution in [0, 0.1) is 0 Å². The second-order valence-corrected chi connectivity index (χ2v) is 5.11. The number of nitrogens with one attached hydrogen (secondary N) is 3. The Labute approximate surface area is 121 Å². The van der Waals surface area contributed by atoms with E-state index in [0.29, 0.717) is 30.0 Å². The molecular weight excluding hydrogens is 274 g/mol. The number of rotatable bonds is 2. The minimum atomic E-state index is -0.536. The first-order chi connectivity index (χ1) is 10.0. The molecule has 1 saturated heterocycles. The fraction of sp³-hybridized carbons (Fsp3) is 0.357. The van der Waals surface area contributed by atoms with Crippen molar-refractivity contribution in [1.82, 2.24) is 5.32 Å². The van der Waals surface area contributed by atoms with Crippen molar-refractivity contribution in [2.24, 2.45) is 0 Å². The Morgan fingerprint density at radius 1 is 1.38 bits per heavy atom. The Hall–Kier alpha value is -2.57. The molecule has 3 amide bonds. The maximum Gasteiger partial charge on any atom is 0.265 e.